The number of nitriles is 1. The minimum Gasteiger partial charge on any atom is -0.494 e. The Hall–Kier alpha value is -6.20. The summed E-state index contributed by atoms with van der Waals surface area (Å²) in [5.74, 6) is -0.0457. The molecule has 14 heteroatoms. The number of aliphatic hydroxyl groups excluding tert-OH is 1. The molecular formula is C55H62ClN5O7S. The van der Waals surface area contributed by atoms with Crippen molar-refractivity contribution in [2.45, 2.75) is 112 Å². The number of ether oxygens (including phenoxy) is 2. The molecule has 2 heterocycles. The Labute approximate surface area is 414 Å². The predicted molar refractivity (Wildman–Crippen MR) is 270 cm³/mol. The van der Waals surface area contributed by atoms with E-state index >= 15 is 0 Å². The number of β-amino-alcohol motifs (C(OH)–C–C–N with tert-alkyl or cyclic N) is 1. The molecule has 12 nitrogen and oxygen atoms in total. The molecule has 0 radical (unpaired) electrons. The molecule has 4 N–H and O–H groups in total. The van der Waals surface area contributed by atoms with Crippen molar-refractivity contribution in [2.24, 2.45) is 16.2 Å². The van der Waals surface area contributed by atoms with E-state index in [0.29, 0.717) is 34.1 Å². The van der Waals surface area contributed by atoms with Gasteiger partial charge in [0, 0.05) is 59.3 Å². The highest BCUT2D eigenvalue weighted by Gasteiger charge is 2.64. The van der Waals surface area contributed by atoms with Crippen molar-refractivity contribution in [3.8, 4) is 39.1 Å². The Bertz CT molecular complexity index is 2690. The fourth-order valence-electron chi connectivity index (χ4n) is 9.89. The highest BCUT2D eigenvalue weighted by molar-refractivity contribution is 7.13. The van der Waals surface area contributed by atoms with E-state index in [9.17, 15) is 29.5 Å². The Morgan fingerprint density at radius 1 is 0.899 bits per heavy atom. The summed E-state index contributed by atoms with van der Waals surface area (Å²) in [5.41, 5.74) is 4.57. The van der Waals surface area contributed by atoms with E-state index in [-0.39, 0.29) is 62.4 Å². The fourth-order valence-corrected chi connectivity index (χ4v) is 11.0. The van der Waals surface area contributed by atoms with Gasteiger partial charge in [-0.1, -0.05) is 109 Å². The topological polar surface area (TPSA) is 170 Å². The maximum absolute atomic E-state index is 14.1. The van der Waals surface area contributed by atoms with E-state index in [1.165, 1.54) is 15.3 Å². The average molecular weight is 973 g/mol. The van der Waals surface area contributed by atoms with Crippen molar-refractivity contribution in [1.82, 2.24) is 20.9 Å². The van der Waals surface area contributed by atoms with Crippen molar-refractivity contribution >= 4 is 46.6 Å². The van der Waals surface area contributed by atoms with Crippen LogP contribution in [0.15, 0.2) is 102 Å². The fraction of sp³-hybridized carbons (Fsp3) is 0.400. The molecular weight excluding hydrogens is 910 g/mol. The number of halogens is 1. The van der Waals surface area contributed by atoms with Crippen molar-refractivity contribution < 1.29 is 33.8 Å². The SMILES string of the molecule is Cc1ccsc1-c1ccc(CNC(=O)[C@@H]2C[C@@H](O)CN2C(=O)[C@@H](NC(=O)CCCOc2ccc(-c3ccc(C(=O)N[C@H]4C(C)(C)[C@H](Oc5ccc(C#N)c(Cl)c5)C4(C)C)cc3)cc2)C(C)(C)C)cc1. The predicted octanol–water partition coefficient (Wildman–Crippen LogP) is 9.50. The molecule has 1 aromatic heterocycles. The zero-order chi connectivity index (χ0) is 49.8. The summed E-state index contributed by atoms with van der Waals surface area (Å²) in [5, 5.41) is 31.3. The standard InChI is InChI=1S/C55H62ClN5O7S/c1-33-25-27-69-46(33)37-13-11-34(12-14-37)31-58-49(65)44-28-40(62)32-61(44)50(66)47(53(2,3)4)59-45(63)10-9-26-67-41-22-19-36(20-23-41)35-15-17-38(18-16-35)48(64)60-51-54(5,6)52(55(51,7)8)68-42-24-21-39(30-57)43(56)29-42/h11-25,27,29,40,44,47,51-52,62H,9-10,26,28,31-32H2,1-8H3,(H,58,65)(H,59,63)(H,60,64)/t40-,44+,47-,51-,52-/m1/s1. The normalized spacial score (nSPS) is 19.6. The van der Waals surface area contributed by atoms with Crippen LogP contribution in [0.5, 0.6) is 11.5 Å². The smallest absolute Gasteiger partial charge is 0.251 e. The second-order valence-electron chi connectivity index (χ2n) is 20.5. The lowest BCUT2D eigenvalue weighted by atomic mass is 9.49. The summed E-state index contributed by atoms with van der Waals surface area (Å²) in [7, 11) is 0. The number of nitrogens with zero attached hydrogens (tertiary/aromatic N) is 2. The van der Waals surface area contributed by atoms with Crippen LogP contribution in [0.1, 0.15) is 94.8 Å². The number of carbonyl (C=O) groups is 4. The summed E-state index contributed by atoms with van der Waals surface area (Å²) in [4.78, 5) is 56.9. The van der Waals surface area contributed by atoms with Crippen LogP contribution in [0.2, 0.25) is 5.02 Å². The summed E-state index contributed by atoms with van der Waals surface area (Å²) in [6.45, 7) is 16.5. The van der Waals surface area contributed by atoms with Gasteiger partial charge in [-0.25, -0.2) is 0 Å². The first-order valence-corrected chi connectivity index (χ1v) is 24.6. The molecule has 2 fully saturated rings. The second-order valence-corrected chi connectivity index (χ2v) is 21.8. The average Bonchev–Trinajstić information content (AvgIpc) is 3.94. The lowest BCUT2D eigenvalue weighted by Gasteiger charge is -2.63. The van der Waals surface area contributed by atoms with Crippen LogP contribution in [0.25, 0.3) is 21.6 Å². The minimum atomic E-state index is -0.923. The Kier molecular flexibility index (Phi) is 15.3. The molecule has 4 amide bonds. The van der Waals surface area contributed by atoms with Gasteiger partial charge >= 0.3 is 0 Å². The van der Waals surface area contributed by atoms with Crippen molar-refractivity contribution in [3.05, 3.63) is 130 Å². The van der Waals surface area contributed by atoms with E-state index in [2.05, 4.69) is 68.1 Å². The van der Waals surface area contributed by atoms with Gasteiger partial charge in [-0.05, 0) is 94.4 Å². The van der Waals surface area contributed by atoms with Crippen LogP contribution in [0, 0.1) is 34.5 Å². The maximum atomic E-state index is 14.1. The summed E-state index contributed by atoms with van der Waals surface area (Å²) < 4.78 is 12.3. The number of likely N-dealkylation sites (tertiary alicyclic amines) is 1. The zero-order valence-corrected chi connectivity index (χ0v) is 42.1. The molecule has 1 aliphatic heterocycles. The summed E-state index contributed by atoms with van der Waals surface area (Å²) in [6.07, 6.45) is -0.447. The third-order valence-corrected chi connectivity index (χ3v) is 14.8. The second kappa shape index (κ2) is 20.8. The molecule has 4 aromatic carbocycles. The number of aliphatic hydroxyl groups is 1. The number of thiophene rings is 1. The number of hydrogen-bond acceptors (Lipinski definition) is 9. The largest absolute Gasteiger partial charge is 0.494 e. The van der Waals surface area contributed by atoms with E-state index < -0.39 is 40.3 Å². The molecule has 0 spiro atoms. The van der Waals surface area contributed by atoms with E-state index in [1.54, 1.807) is 29.5 Å². The van der Waals surface area contributed by atoms with Gasteiger partial charge in [0.1, 0.15) is 35.8 Å². The Balaban J connectivity index is 0.858. The van der Waals surface area contributed by atoms with Gasteiger partial charge in [0.05, 0.1) is 23.3 Å². The van der Waals surface area contributed by atoms with Crippen LogP contribution < -0.4 is 25.4 Å². The summed E-state index contributed by atoms with van der Waals surface area (Å²) in [6, 6.07) is 30.2. The molecule has 0 bridgehead atoms. The number of amides is 4. The highest BCUT2D eigenvalue weighted by atomic mass is 35.5. The van der Waals surface area contributed by atoms with Crippen molar-refractivity contribution in [2.75, 3.05) is 13.2 Å². The first-order chi connectivity index (χ1) is 32.7. The monoisotopic (exact) mass is 971 g/mol. The first kappa shape index (κ1) is 50.7. The van der Waals surface area contributed by atoms with Crippen molar-refractivity contribution in [1.29, 1.82) is 5.26 Å². The van der Waals surface area contributed by atoms with Gasteiger partial charge in [0.2, 0.25) is 17.7 Å². The highest BCUT2D eigenvalue weighted by Crippen LogP contribution is 2.55. The third-order valence-electron chi connectivity index (χ3n) is 13.4. The van der Waals surface area contributed by atoms with Crippen LogP contribution in [0.3, 0.4) is 0 Å². The molecule has 5 aromatic rings. The maximum Gasteiger partial charge on any atom is 0.251 e. The van der Waals surface area contributed by atoms with E-state index in [0.717, 1.165) is 22.3 Å². The molecule has 2 aliphatic rings. The zero-order valence-electron chi connectivity index (χ0n) is 40.5. The van der Waals surface area contributed by atoms with Gasteiger partial charge < -0.3 is 35.4 Å². The van der Waals surface area contributed by atoms with Gasteiger partial charge in [0.15, 0.2) is 0 Å². The van der Waals surface area contributed by atoms with Crippen LogP contribution >= 0.6 is 22.9 Å². The lowest BCUT2D eigenvalue weighted by Crippen LogP contribution is -2.74. The quantitative estimate of drug-likeness (QED) is 0.0709. The van der Waals surface area contributed by atoms with E-state index in [1.807, 2.05) is 93.6 Å². The molecule has 362 valence electrons. The molecule has 1 saturated heterocycles. The van der Waals surface area contributed by atoms with Gasteiger partial charge in [0.25, 0.3) is 5.91 Å². The van der Waals surface area contributed by atoms with Crippen molar-refractivity contribution in [3.63, 3.8) is 0 Å². The third kappa shape index (κ3) is 11.5. The molecule has 0 unspecified atom stereocenters. The minimum absolute atomic E-state index is 0.000731. The van der Waals surface area contributed by atoms with Crippen LogP contribution in [-0.2, 0) is 20.9 Å². The summed E-state index contributed by atoms with van der Waals surface area (Å²) >= 11 is 7.94. The number of rotatable bonds is 16. The molecule has 3 atom stereocenters. The molecule has 1 aliphatic carbocycles. The number of carbonyl (C=O) groups excluding carboxylic acids is 4. The number of aryl methyl sites for hydroxylation is 1. The lowest BCUT2D eigenvalue weighted by molar-refractivity contribution is -0.164. The first-order valence-electron chi connectivity index (χ1n) is 23.4. The number of benzene rings is 4. The van der Waals surface area contributed by atoms with Gasteiger partial charge in [-0.2, -0.15) is 5.26 Å². The molecule has 69 heavy (non-hydrogen) atoms. The Morgan fingerprint density at radius 3 is 2.12 bits per heavy atom. The number of hydrogen-bond donors (Lipinski definition) is 4. The molecule has 7 rings (SSSR count). The van der Waals surface area contributed by atoms with Gasteiger partial charge in [-0.3, -0.25) is 19.2 Å². The Morgan fingerprint density at radius 2 is 1.52 bits per heavy atom. The van der Waals surface area contributed by atoms with E-state index in [4.69, 9.17) is 21.1 Å². The van der Waals surface area contributed by atoms with Crippen LogP contribution in [0.4, 0.5) is 0 Å². The molecule has 1 saturated carbocycles. The number of nitrogens with one attached hydrogen (secondary N) is 3. The van der Waals surface area contributed by atoms with Crippen LogP contribution in [-0.4, -0.2) is 77.1 Å². The van der Waals surface area contributed by atoms with Gasteiger partial charge in [-0.15, -0.1) is 11.3 Å².